The van der Waals surface area contributed by atoms with E-state index in [1.807, 2.05) is 36.1 Å². The number of ether oxygens (including phenoxy) is 1. The summed E-state index contributed by atoms with van der Waals surface area (Å²) in [6.45, 7) is 2.99. The van der Waals surface area contributed by atoms with E-state index < -0.39 is 5.97 Å². The average molecular weight is 317 g/mol. The molecule has 3 atom stereocenters. The Hall–Kier alpha value is -2.04. The first-order chi connectivity index (χ1) is 11.1. The first-order valence-corrected chi connectivity index (χ1v) is 8.30. The maximum absolute atomic E-state index is 13.0. The number of rotatable bonds is 2. The highest BCUT2D eigenvalue weighted by Crippen LogP contribution is 2.33. The molecule has 2 aliphatic rings. The zero-order chi connectivity index (χ0) is 16.4. The molecule has 0 spiro atoms. The molecule has 1 heterocycles. The monoisotopic (exact) mass is 317 g/mol. The lowest BCUT2D eigenvalue weighted by molar-refractivity contribution is -0.146. The van der Waals surface area contributed by atoms with E-state index in [0.717, 1.165) is 24.2 Å². The van der Waals surface area contributed by atoms with Crippen LogP contribution in [-0.2, 0) is 16.1 Å². The van der Waals surface area contributed by atoms with Gasteiger partial charge in [0.25, 0.3) is 0 Å². The molecule has 0 saturated heterocycles. The molecule has 1 aromatic carbocycles. The van der Waals surface area contributed by atoms with Gasteiger partial charge in [0.1, 0.15) is 12.4 Å². The van der Waals surface area contributed by atoms with Crippen molar-refractivity contribution in [3.63, 3.8) is 0 Å². The maximum Gasteiger partial charge on any atom is 0.306 e. The van der Waals surface area contributed by atoms with Crippen molar-refractivity contribution in [1.29, 1.82) is 0 Å². The number of para-hydroxylation sites is 1. The fourth-order valence-corrected chi connectivity index (χ4v) is 3.58. The van der Waals surface area contributed by atoms with Crippen molar-refractivity contribution in [1.82, 2.24) is 4.90 Å². The van der Waals surface area contributed by atoms with Crippen molar-refractivity contribution in [3.8, 4) is 5.75 Å². The van der Waals surface area contributed by atoms with Gasteiger partial charge in [-0.1, -0.05) is 24.6 Å². The third-order valence-corrected chi connectivity index (χ3v) is 4.98. The van der Waals surface area contributed by atoms with Gasteiger partial charge in [-0.05, 0) is 32.3 Å². The van der Waals surface area contributed by atoms with E-state index in [4.69, 9.17) is 4.74 Å². The molecule has 1 saturated carbocycles. The van der Waals surface area contributed by atoms with Gasteiger partial charge in [0, 0.05) is 18.0 Å². The standard InChI is InChI=1S/C18H23NO4/c1-12-11-23-16-8-3-2-5-15(16)10-19(12)17(20)13-6-4-7-14(9-13)18(21)22/h2-3,5,8,12-14H,4,6-7,9-11H2,1H3,(H,21,22). The predicted molar refractivity (Wildman–Crippen MR) is 85.0 cm³/mol. The topological polar surface area (TPSA) is 66.8 Å². The van der Waals surface area contributed by atoms with Crippen molar-refractivity contribution in [3.05, 3.63) is 29.8 Å². The summed E-state index contributed by atoms with van der Waals surface area (Å²) >= 11 is 0. The lowest BCUT2D eigenvalue weighted by Gasteiger charge is -2.33. The van der Waals surface area contributed by atoms with Crippen LogP contribution in [0.5, 0.6) is 5.75 Å². The molecule has 23 heavy (non-hydrogen) atoms. The van der Waals surface area contributed by atoms with Crippen molar-refractivity contribution < 1.29 is 19.4 Å². The molecule has 3 unspecified atom stereocenters. The zero-order valence-electron chi connectivity index (χ0n) is 13.4. The minimum absolute atomic E-state index is 0.0138. The molecule has 0 aromatic heterocycles. The summed E-state index contributed by atoms with van der Waals surface area (Å²) < 4.78 is 5.80. The summed E-state index contributed by atoms with van der Waals surface area (Å²) in [6.07, 6.45) is 2.73. The molecule has 1 aliphatic carbocycles. The minimum atomic E-state index is -0.778. The number of carbonyl (C=O) groups excluding carboxylic acids is 1. The number of fused-ring (bicyclic) bond motifs is 1. The summed E-state index contributed by atoms with van der Waals surface area (Å²) in [7, 11) is 0. The highest BCUT2D eigenvalue weighted by atomic mass is 16.5. The van der Waals surface area contributed by atoms with Crippen molar-refractivity contribution in [2.75, 3.05) is 6.61 Å². The predicted octanol–water partition coefficient (Wildman–Crippen LogP) is 2.69. The SMILES string of the molecule is CC1COc2ccccc2CN1C(=O)C1CCCC(C(=O)O)C1. The number of hydrogen-bond acceptors (Lipinski definition) is 3. The Morgan fingerprint density at radius 3 is 2.74 bits per heavy atom. The lowest BCUT2D eigenvalue weighted by Crippen LogP contribution is -2.44. The molecule has 3 rings (SSSR count). The number of carboxylic acids is 1. The molecule has 5 nitrogen and oxygen atoms in total. The first-order valence-electron chi connectivity index (χ1n) is 8.30. The van der Waals surface area contributed by atoms with Gasteiger partial charge in [0.05, 0.1) is 12.0 Å². The van der Waals surface area contributed by atoms with E-state index in [1.165, 1.54) is 0 Å². The van der Waals surface area contributed by atoms with E-state index in [2.05, 4.69) is 0 Å². The van der Waals surface area contributed by atoms with Crippen LogP contribution in [0.2, 0.25) is 0 Å². The van der Waals surface area contributed by atoms with Crippen molar-refractivity contribution in [2.24, 2.45) is 11.8 Å². The number of nitrogens with zero attached hydrogens (tertiary/aromatic N) is 1. The van der Waals surface area contributed by atoms with Crippen LogP contribution in [0.25, 0.3) is 0 Å². The Labute approximate surface area is 136 Å². The summed E-state index contributed by atoms with van der Waals surface area (Å²) in [5.74, 6) is -0.438. The highest BCUT2D eigenvalue weighted by molar-refractivity contribution is 5.80. The van der Waals surface area contributed by atoms with Crippen molar-refractivity contribution in [2.45, 2.75) is 45.2 Å². The van der Waals surface area contributed by atoms with Crippen LogP contribution in [0, 0.1) is 11.8 Å². The van der Waals surface area contributed by atoms with Crippen LogP contribution in [0.3, 0.4) is 0 Å². The Morgan fingerprint density at radius 1 is 1.22 bits per heavy atom. The number of benzene rings is 1. The fraction of sp³-hybridized carbons (Fsp3) is 0.556. The molecule has 1 fully saturated rings. The van der Waals surface area contributed by atoms with Crippen LogP contribution in [0.4, 0.5) is 0 Å². The van der Waals surface area contributed by atoms with E-state index >= 15 is 0 Å². The fourth-order valence-electron chi connectivity index (χ4n) is 3.58. The number of carbonyl (C=O) groups is 2. The highest BCUT2D eigenvalue weighted by Gasteiger charge is 2.35. The summed E-state index contributed by atoms with van der Waals surface area (Å²) in [5.41, 5.74) is 1.01. The molecule has 0 bridgehead atoms. The third kappa shape index (κ3) is 3.33. The molecule has 1 amide bonds. The first kappa shape index (κ1) is 15.8. The van der Waals surface area contributed by atoms with Gasteiger partial charge in [-0.3, -0.25) is 9.59 Å². The molecule has 0 radical (unpaired) electrons. The normalized spacial score (nSPS) is 27.5. The van der Waals surface area contributed by atoms with Crippen LogP contribution >= 0.6 is 0 Å². The summed E-state index contributed by atoms with van der Waals surface area (Å²) in [6, 6.07) is 7.77. The Morgan fingerprint density at radius 2 is 1.96 bits per heavy atom. The largest absolute Gasteiger partial charge is 0.491 e. The van der Waals surface area contributed by atoms with Gasteiger partial charge in [-0.25, -0.2) is 0 Å². The Kier molecular flexibility index (Phi) is 4.55. The van der Waals surface area contributed by atoms with Crippen LogP contribution in [0.15, 0.2) is 24.3 Å². The van der Waals surface area contributed by atoms with E-state index in [0.29, 0.717) is 26.0 Å². The molecular formula is C18H23NO4. The molecular weight excluding hydrogens is 294 g/mol. The molecule has 124 valence electrons. The zero-order valence-corrected chi connectivity index (χ0v) is 13.4. The maximum atomic E-state index is 13.0. The minimum Gasteiger partial charge on any atom is -0.491 e. The molecule has 5 heteroatoms. The smallest absolute Gasteiger partial charge is 0.306 e. The number of hydrogen-bond donors (Lipinski definition) is 1. The van der Waals surface area contributed by atoms with Gasteiger partial charge in [0.15, 0.2) is 0 Å². The summed E-state index contributed by atoms with van der Waals surface area (Å²) in [5, 5.41) is 9.23. The number of amides is 1. The second kappa shape index (κ2) is 6.60. The summed E-state index contributed by atoms with van der Waals surface area (Å²) in [4.78, 5) is 26.1. The molecule has 1 aromatic rings. The molecule has 1 N–H and O–H groups in total. The van der Waals surface area contributed by atoms with E-state index in [9.17, 15) is 14.7 Å². The van der Waals surface area contributed by atoms with Gasteiger partial charge in [-0.15, -0.1) is 0 Å². The van der Waals surface area contributed by atoms with E-state index in [-0.39, 0.29) is 23.8 Å². The number of carboxylic acid groups (broad SMARTS) is 1. The third-order valence-electron chi connectivity index (χ3n) is 4.98. The van der Waals surface area contributed by atoms with Crippen LogP contribution in [-0.4, -0.2) is 34.5 Å². The second-order valence-corrected chi connectivity index (χ2v) is 6.63. The van der Waals surface area contributed by atoms with Gasteiger partial charge >= 0.3 is 5.97 Å². The van der Waals surface area contributed by atoms with Crippen LogP contribution in [0.1, 0.15) is 38.2 Å². The van der Waals surface area contributed by atoms with Crippen molar-refractivity contribution >= 4 is 11.9 Å². The number of aliphatic carboxylic acids is 1. The van der Waals surface area contributed by atoms with Gasteiger partial charge in [0.2, 0.25) is 5.91 Å². The van der Waals surface area contributed by atoms with E-state index in [1.54, 1.807) is 0 Å². The quantitative estimate of drug-likeness (QED) is 0.910. The lowest BCUT2D eigenvalue weighted by atomic mass is 9.80. The average Bonchev–Trinajstić information content (AvgIpc) is 2.74. The molecule has 1 aliphatic heterocycles. The van der Waals surface area contributed by atoms with Gasteiger partial charge < -0.3 is 14.7 Å². The van der Waals surface area contributed by atoms with Gasteiger partial charge in [-0.2, -0.15) is 0 Å². The Balaban J connectivity index is 1.76. The van der Waals surface area contributed by atoms with Crippen LogP contribution < -0.4 is 4.74 Å². The Bertz CT molecular complexity index is 600. The second-order valence-electron chi connectivity index (χ2n) is 6.63.